The van der Waals surface area contributed by atoms with Gasteiger partial charge in [0.25, 0.3) is 0 Å². The van der Waals surface area contributed by atoms with Crippen molar-refractivity contribution in [2.45, 2.75) is 40.5 Å². The van der Waals surface area contributed by atoms with Gasteiger partial charge in [0.2, 0.25) is 0 Å². The van der Waals surface area contributed by atoms with Gasteiger partial charge in [-0.1, -0.05) is 34.1 Å². The predicted octanol–water partition coefficient (Wildman–Crippen LogP) is 4.32. The molecule has 2 nitrogen and oxygen atoms in total. The molecule has 0 atom stereocenters. The number of anilines is 1. The standard InChI is InChI=1S/C15H25NO/c1-5-6-11-17-14-9-7-13(8-10-14)16-12-15(2,3)4/h7-10,16H,5-6,11-12H2,1-4H3. The van der Waals surface area contributed by atoms with Gasteiger partial charge in [0.05, 0.1) is 6.61 Å². The lowest BCUT2D eigenvalue weighted by atomic mass is 9.97. The number of rotatable bonds is 6. The first kappa shape index (κ1) is 13.9. The molecule has 1 aromatic rings. The van der Waals surface area contributed by atoms with E-state index in [0.29, 0.717) is 5.41 Å². The van der Waals surface area contributed by atoms with Crippen molar-refractivity contribution >= 4 is 5.69 Å². The molecule has 96 valence electrons. The van der Waals surface area contributed by atoms with Crippen LogP contribution in [-0.4, -0.2) is 13.2 Å². The van der Waals surface area contributed by atoms with E-state index in [4.69, 9.17) is 4.74 Å². The van der Waals surface area contributed by atoms with E-state index in [1.807, 2.05) is 12.1 Å². The molecule has 0 spiro atoms. The first-order valence-electron chi connectivity index (χ1n) is 6.48. The molecule has 0 fully saturated rings. The van der Waals surface area contributed by atoms with Gasteiger partial charge in [0.1, 0.15) is 5.75 Å². The molecule has 0 aliphatic heterocycles. The maximum Gasteiger partial charge on any atom is 0.119 e. The summed E-state index contributed by atoms with van der Waals surface area (Å²) in [6.45, 7) is 10.6. The van der Waals surface area contributed by atoms with Crippen molar-refractivity contribution in [3.05, 3.63) is 24.3 Å². The molecule has 2 heteroatoms. The number of benzene rings is 1. The molecule has 0 heterocycles. The largest absolute Gasteiger partial charge is 0.494 e. The smallest absolute Gasteiger partial charge is 0.119 e. The van der Waals surface area contributed by atoms with Crippen LogP contribution >= 0.6 is 0 Å². The lowest BCUT2D eigenvalue weighted by molar-refractivity contribution is 0.309. The Balaban J connectivity index is 2.39. The molecule has 1 N–H and O–H groups in total. The molecule has 1 aromatic carbocycles. The zero-order valence-electron chi connectivity index (χ0n) is 11.5. The second-order valence-electron chi connectivity index (χ2n) is 5.64. The molecule has 0 bridgehead atoms. The summed E-state index contributed by atoms with van der Waals surface area (Å²) in [4.78, 5) is 0. The van der Waals surface area contributed by atoms with Gasteiger partial charge < -0.3 is 10.1 Å². The SMILES string of the molecule is CCCCOc1ccc(NCC(C)(C)C)cc1. The molecule has 0 amide bonds. The predicted molar refractivity (Wildman–Crippen MR) is 74.8 cm³/mol. The summed E-state index contributed by atoms with van der Waals surface area (Å²) < 4.78 is 5.62. The summed E-state index contributed by atoms with van der Waals surface area (Å²) in [6, 6.07) is 8.21. The van der Waals surface area contributed by atoms with E-state index in [-0.39, 0.29) is 0 Å². The number of nitrogens with one attached hydrogen (secondary N) is 1. The maximum absolute atomic E-state index is 5.62. The second-order valence-corrected chi connectivity index (χ2v) is 5.64. The van der Waals surface area contributed by atoms with Crippen molar-refractivity contribution in [2.75, 3.05) is 18.5 Å². The lowest BCUT2D eigenvalue weighted by Crippen LogP contribution is -2.18. The zero-order valence-corrected chi connectivity index (χ0v) is 11.5. The molecule has 0 aliphatic carbocycles. The molecule has 0 aromatic heterocycles. The fourth-order valence-corrected chi connectivity index (χ4v) is 1.37. The Morgan fingerprint density at radius 2 is 1.76 bits per heavy atom. The number of ether oxygens (including phenoxy) is 1. The van der Waals surface area contributed by atoms with Crippen LogP contribution in [0.25, 0.3) is 0 Å². The third-order valence-electron chi connectivity index (χ3n) is 2.44. The Hall–Kier alpha value is -1.18. The van der Waals surface area contributed by atoms with Gasteiger partial charge in [-0.05, 0) is 36.1 Å². The van der Waals surface area contributed by atoms with Crippen LogP contribution in [0, 0.1) is 5.41 Å². The van der Waals surface area contributed by atoms with Gasteiger partial charge in [-0.25, -0.2) is 0 Å². The molecule has 0 saturated heterocycles. The summed E-state index contributed by atoms with van der Waals surface area (Å²) in [7, 11) is 0. The molecule has 1 rings (SSSR count). The number of unbranched alkanes of at least 4 members (excludes halogenated alkanes) is 1. The number of hydrogen-bond acceptors (Lipinski definition) is 2. The van der Waals surface area contributed by atoms with Crippen molar-refractivity contribution in [3.63, 3.8) is 0 Å². The Kier molecular flexibility index (Phi) is 5.33. The minimum atomic E-state index is 0.302. The summed E-state index contributed by atoms with van der Waals surface area (Å²) in [5.41, 5.74) is 1.46. The van der Waals surface area contributed by atoms with E-state index < -0.39 is 0 Å². The van der Waals surface area contributed by atoms with E-state index in [0.717, 1.165) is 31.0 Å². The van der Waals surface area contributed by atoms with Crippen molar-refractivity contribution in [1.29, 1.82) is 0 Å². The molecule has 0 unspecified atom stereocenters. The molecule has 0 saturated carbocycles. The highest BCUT2D eigenvalue weighted by atomic mass is 16.5. The monoisotopic (exact) mass is 235 g/mol. The first-order chi connectivity index (χ1) is 8.01. The summed E-state index contributed by atoms with van der Waals surface area (Å²) in [5, 5.41) is 3.42. The van der Waals surface area contributed by atoms with Crippen molar-refractivity contribution in [1.82, 2.24) is 0 Å². The Bertz CT molecular complexity index is 311. The van der Waals surface area contributed by atoms with Gasteiger partial charge in [-0.3, -0.25) is 0 Å². The Labute approximate surface area is 105 Å². The van der Waals surface area contributed by atoms with Gasteiger partial charge >= 0.3 is 0 Å². The lowest BCUT2D eigenvalue weighted by Gasteiger charge is -2.19. The van der Waals surface area contributed by atoms with E-state index in [2.05, 4.69) is 45.1 Å². The fourth-order valence-electron chi connectivity index (χ4n) is 1.37. The van der Waals surface area contributed by atoms with Crippen LogP contribution < -0.4 is 10.1 Å². The molecule has 17 heavy (non-hydrogen) atoms. The molecular weight excluding hydrogens is 210 g/mol. The molecular formula is C15H25NO. The van der Waals surface area contributed by atoms with E-state index >= 15 is 0 Å². The maximum atomic E-state index is 5.62. The first-order valence-corrected chi connectivity index (χ1v) is 6.48. The van der Waals surface area contributed by atoms with E-state index in [9.17, 15) is 0 Å². The second kappa shape index (κ2) is 6.53. The highest BCUT2D eigenvalue weighted by molar-refractivity contribution is 5.46. The zero-order chi connectivity index (χ0) is 12.7. The van der Waals surface area contributed by atoms with Crippen molar-refractivity contribution in [3.8, 4) is 5.75 Å². The minimum Gasteiger partial charge on any atom is -0.494 e. The molecule has 0 radical (unpaired) electrons. The van der Waals surface area contributed by atoms with Gasteiger partial charge in [0.15, 0.2) is 0 Å². The molecule has 0 aliphatic rings. The van der Waals surface area contributed by atoms with Gasteiger partial charge in [-0.2, -0.15) is 0 Å². The third kappa shape index (κ3) is 6.20. The quantitative estimate of drug-likeness (QED) is 0.741. The van der Waals surface area contributed by atoms with Crippen LogP contribution in [0.15, 0.2) is 24.3 Å². The third-order valence-corrected chi connectivity index (χ3v) is 2.44. The van der Waals surface area contributed by atoms with Crippen LogP contribution in [-0.2, 0) is 0 Å². The van der Waals surface area contributed by atoms with Crippen LogP contribution in [0.5, 0.6) is 5.75 Å². The normalized spacial score (nSPS) is 11.3. The minimum absolute atomic E-state index is 0.302. The Morgan fingerprint density at radius 3 is 2.29 bits per heavy atom. The Morgan fingerprint density at radius 1 is 1.12 bits per heavy atom. The van der Waals surface area contributed by atoms with Crippen molar-refractivity contribution < 1.29 is 4.74 Å². The van der Waals surface area contributed by atoms with Crippen LogP contribution in [0.3, 0.4) is 0 Å². The van der Waals surface area contributed by atoms with E-state index in [1.54, 1.807) is 0 Å². The van der Waals surface area contributed by atoms with Gasteiger partial charge in [-0.15, -0.1) is 0 Å². The van der Waals surface area contributed by atoms with Crippen LogP contribution in [0.1, 0.15) is 40.5 Å². The summed E-state index contributed by atoms with van der Waals surface area (Å²) in [5.74, 6) is 0.958. The average Bonchev–Trinajstić information content (AvgIpc) is 2.27. The van der Waals surface area contributed by atoms with E-state index in [1.165, 1.54) is 6.42 Å². The van der Waals surface area contributed by atoms with Gasteiger partial charge in [0, 0.05) is 12.2 Å². The van der Waals surface area contributed by atoms with Crippen LogP contribution in [0.4, 0.5) is 5.69 Å². The summed E-state index contributed by atoms with van der Waals surface area (Å²) in [6.07, 6.45) is 2.29. The van der Waals surface area contributed by atoms with Crippen molar-refractivity contribution in [2.24, 2.45) is 5.41 Å². The average molecular weight is 235 g/mol. The van der Waals surface area contributed by atoms with Crippen LogP contribution in [0.2, 0.25) is 0 Å². The highest BCUT2D eigenvalue weighted by Gasteiger charge is 2.08. The summed E-state index contributed by atoms with van der Waals surface area (Å²) >= 11 is 0. The topological polar surface area (TPSA) is 21.3 Å². The fraction of sp³-hybridized carbons (Fsp3) is 0.600. The highest BCUT2D eigenvalue weighted by Crippen LogP contribution is 2.18. The number of hydrogen-bond donors (Lipinski definition) is 1.